The Hall–Kier alpha value is -0.790. The summed E-state index contributed by atoms with van der Waals surface area (Å²) in [6.07, 6.45) is -1.18. The van der Waals surface area contributed by atoms with Gasteiger partial charge in [-0.3, -0.25) is 4.79 Å². The number of ether oxygens (including phenoxy) is 1. The second-order valence-electron chi connectivity index (χ2n) is 6.50. The van der Waals surface area contributed by atoms with Crippen molar-refractivity contribution >= 4 is 5.91 Å². The van der Waals surface area contributed by atoms with Crippen LogP contribution in [0.1, 0.15) is 26.7 Å². The molecule has 2 fully saturated rings. The maximum absolute atomic E-state index is 12.7. The molecule has 0 aromatic carbocycles. The predicted octanol–water partition coefficient (Wildman–Crippen LogP) is 0.605. The molecule has 5 nitrogen and oxygen atoms in total. The summed E-state index contributed by atoms with van der Waals surface area (Å²) in [6.45, 7) is 3.14. The third-order valence-corrected chi connectivity index (χ3v) is 5.05. The van der Waals surface area contributed by atoms with Crippen LogP contribution >= 0.6 is 0 Å². The first-order valence-electron chi connectivity index (χ1n) is 7.35. The lowest BCUT2D eigenvalue weighted by molar-refractivity contribution is -0.230. The van der Waals surface area contributed by atoms with Gasteiger partial charge in [-0.15, -0.1) is 0 Å². The van der Waals surface area contributed by atoms with Gasteiger partial charge in [0.05, 0.1) is 19.3 Å². The molecular weight excluding hydrogens is 282 g/mol. The first-order valence-corrected chi connectivity index (χ1v) is 7.35. The standard InChI is InChI=1S/C14H24F2N2O3/c1-13(2)11-9(4-3-7-21-11)14(13,17)12(20)18(5-6-19)8-10(15)16/h9-11,19H,3-8,17H2,1-2H3. The van der Waals surface area contributed by atoms with Gasteiger partial charge in [0.25, 0.3) is 6.43 Å². The Kier molecular flexibility index (Phi) is 4.56. The van der Waals surface area contributed by atoms with Crippen LogP contribution in [0.25, 0.3) is 0 Å². The monoisotopic (exact) mass is 306 g/mol. The minimum atomic E-state index is -2.65. The van der Waals surface area contributed by atoms with Crippen molar-refractivity contribution in [1.82, 2.24) is 4.90 Å². The van der Waals surface area contributed by atoms with Gasteiger partial charge in [-0.25, -0.2) is 8.78 Å². The van der Waals surface area contributed by atoms with Crippen LogP contribution in [0.5, 0.6) is 0 Å². The fourth-order valence-electron chi connectivity index (χ4n) is 3.83. The number of carbonyl (C=O) groups excluding carboxylic acids is 1. The van der Waals surface area contributed by atoms with E-state index in [4.69, 9.17) is 15.6 Å². The van der Waals surface area contributed by atoms with E-state index in [-0.39, 0.29) is 25.2 Å². The average molecular weight is 306 g/mol. The lowest BCUT2D eigenvalue weighted by atomic mass is 9.46. The van der Waals surface area contributed by atoms with E-state index in [0.717, 1.165) is 17.7 Å². The van der Waals surface area contributed by atoms with Gasteiger partial charge >= 0.3 is 0 Å². The van der Waals surface area contributed by atoms with Crippen molar-refractivity contribution < 1.29 is 23.4 Å². The van der Waals surface area contributed by atoms with E-state index in [1.54, 1.807) is 0 Å². The number of aliphatic hydroxyl groups excluding tert-OH is 1. The molecule has 3 atom stereocenters. The molecule has 0 spiro atoms. The molecule has 122 valence electrons. The molecular formula is C14H24F2N2O3. The van der Waals surface area contributed by atoms with Gasteiger partial charge in [-0.1, -0.05) is 13.8 Å². The first-order chi connectivity index (χ1) is 9.76. The summed E-state index contributed by atoms with van der Waals surface area (Å²) < 4.78 is 31.0. The zero-order chi connectivity index (χ0) is 15.8. The zero-order valence-electron chi connectivity index (χ0n) is 12.5. The van der Waals surface area contributed by atoms with Gasteiger partial charge in [0.1, 0.15) is 5.54 Å². The lowest BCUT2D eigenvalue weighted by Crippen LogP contribution is -2.82. The molecule has 3 N–H and O–H groups in total. The van der Waals surface area contributed by atoms with Crippen molar-refractivity contribution in [2.75, 3.05) is 26.3 Å². The normalized spacial score (nSPS) is 34.2. The number of halogens is 2. The van der Waals surface area contributed by atoms with Crippen LogP contribution in [0.4, 0.5) is 8.78 Å². The van der Waals surface area contributed by atoms with Gasteiger partial charge in [0, 0.05) is 24.5 Å². The molecule has 21 heavy (non-hydrogen) atoms. The molecule has 1 aliphatic carbocycles. The number of hydrogen-bond acceptors (Lipinski definition) is 4. The molecule has 1 saturated carbocycles. The van der Waals surface area contributed by atoms with Gasteiger partial charge in [0.15, 0.2) is 0 Å². The van der Waals surface area contributed by atoms with Crippen LogP contribution in [0.3, 0.4) is 0 Å². The summed E-state index contributed by atoms with van der Waals surface area (Å²) in [4.78, 5) is 13.7. The number of hydrogen-bond donors (Lipinski definition) is 2. The van der Waals surface area contributed by atoms with Crippen LogP contribution in [-0.2, 0) is 9.53 Å². The van der Waals surface area contributed by atoms with Gasteiger partial charge in [0.2, 0.25) is 5.91 Å². The topological polar surface area (TPSA) is 75.8 Å². The Morgan fingerprint density at radius 1 is 1.52 bits per heavy atom. The van der Waals surface area contributed by atoms with E-state index in [1.165, 1.54) is 0 Å². The van der Waals surface area contributed by atoms with E-state index in [2.05, 4.69) is 0 Å². The molecule has 0 radical (unpaired) electrons. The molecule has 2 aliphatic rings. The third-order valence-electron chi connectivity index (χ3n) is 5.05. The molecule has 1 aliphatic heterocycles. The van der Waals surface area contributed by atoms with Gasteiger partial charge in [-0.05, 0) is 12.8 Å². The maximum Gasteiger partial charge on any atom is 0.255 e. The SMILES string of the molecule is CC1(C)C2OCCCC2C1(N)C(=O)N(CCO)CC(F)F. The highest BCUT2D eigenvalue weighted by molar-refractivity contribution is 5.89. The Labute approximate surface area is 123 Å². The highest BCUT2D eigenvalue weighted by Crippen LogP contribution is 2.57. The van der Waals surface area contributed by atoms with Crippen LogP contribution in [0, 0.1) is 11.3 Å². The molecule has 3 unspecified atom stereocenters. The summed E-state index contributed by atoms with van der Waals surface area (Å²) in [5.41, 5.74) is 4.58. The number of carbonyl (C=O) groups is 1. The van der Waals surface area contributed by atoms with Crippen molar-refractivity contribution in [1.29, 1.82) is 0 Å². The van der Waals surface area contributed by atoms with Crippen LogP contribution in [-0.4, -0.2) is 60.3 Å². The summed E-state index contributed by atoms with van der Waals surface area (Å²) >= 11 is 0. The van der Waals surface area contributed by atoms with Crippen LogP contribution < -0.4 is 5.73 Å². The second kappa shape index (κ2) is 5.78. The zero-order valence-corrected chi connectivity index (χ0v) is 12.5. The van der Waals surface area contributed by atoms with Crippen molar-refractivity contribution in [3.8, 4) is 0 Å². The van der Waals surface area contributed by atoms with E-state index in [9.17, 15) is 13.6 Å². The molecule has 0 bridgehead atoms. The lowest BCUT2D eigenvalue weighted by Gasteiger charge is -2.65. The van der Waals surface area contributed by atoms with E-state index in [0.29, 0.717) is 6.61 Å². The molecule has 2 rings (SSSR count). The molecule has 1 heterocycles. The Morgan fingerprint density at radius 3 is 2.76 bits per heavy atom. The van der Waals surface area contributed by atoms with Crippen molar-refractivity contribution in [3.05, 3.63) is 0 Å². The van der Waals surface area contributed by atoms with Crippen molar-refractivity contribution in [2.24, 2.45) is 17.1 Å². The highest BCUT2D eigenvalue weighted by atomic mass is 19.3. The van der Waals surface area contributed by atoms with Crippen molar-refractivity contribution in [2.45, 2.75) is 44.8 Å². The number of alkyl halides is 2. The summed E-state index contributed by atoms with van der Waals surface area (Å²) in [7, 11) is 0. The van der Waals surface area contributed by atoms with Crippen molar-refractivity contribution in [3.63, 3.8) is 0 Å². The Bertz CT molecular complexity index is 406. The van der Waals surface area contributed by atoms with Gasteiger partial charge < -0.3 is 20.5 Å². The number of nitrogens with two attached hydrogens (primary N) is 1. The number of amides is 1. The fraction of sp³-hybridized carbons (Fsp3) is 0.929. The second-order valence-corrected chi connectivity index (χ2v) is 6.50. The summed E-state index contributed by atoms with van der Waals surface area (Å²) in [5, 5.41) is 9.01. The third kappa shape index (κ3) is 2.45. The Balaban J connectivity index is 2.22. The molecule has 0 aromatic rings. The number of rotatable bonds is 5. The van der Waals surface area contributed by atoms with E-state index in [1.807, 2.05) is 13.8 Å². The quantitative estimate of drug-likeness (QED) is 0.780. The highest BCUT2D eigenvalue weighted by Gasteiger charge is 2.70. The van der Waals surface area contributed by atoms with Gasteiger partial charge in [-0.2, -0.15) is 0 Å². The molecule has 1 saturated heterocycles. The fourth-order valence-corrected chi connectivity index (χ4v) is 3.83. The van der Waals surface area contributed by atoms with E-state index < -0.39 is 29.8 Å². The average Bonchev–Trinajstić information content (AvgIpc) is 2.44. The van der Waals surface area contributed by atoms with Crippen LogP contribution in [0.15, 0.2) is 0 Å². The number of aliphatic hydroxyl groups is 1. The molecule has 7 heteroatoms. The van der Waals surface area contributed by atoms with Crippen LogP contribution in [0.2, 0.25) is 0 Å². The predicted molar refractivity (Wildman–Crippen MR) is 72.8 cm³/mol. The first kappa shape index (κ1) is 16.6. The minimum Gasteiger partial charge on any atom is -0.395 e. The molecule has 1 amide bonds. The number of fused-ring (bicyclic) bond motifs is 1. The summed E-state index contributed by atoms with van der Waals surface area (Å²) in [5.74, 6) is -0.652. The minimum absolute atomic E-state index is 0.109. The largest absolute Gasteiger partial charge is 0.395 e. The molecule has 0 aromatic heterocycles. The summed E-state index contributed by atoms with van der Waals surface area (Å²) in [6, 6.07) is 0. The van der Waals surface area contributed by atoms with E-state index >= 15 is 0 Å². The Morgan fingerprint density at radius 2 is 2.19 bits per heavy atom. The smallest absolute Gasteiger partial charge is 0.255 e. The number of nitrogens with zero attached hydrogens (tertiary/aromatic N) is 1. The maximum atomic E-state index is 12.7.